The van der Waals surface area contributed by atoms with Crippen LogP contribution in [0, 0.1) is 11.6 Å². The van der Waals surface area contributed by atoms with E-state index in [9.17, 15) is 13.6 Å². The Morgan fingerprint density at radius 3 is 2.95 bits per heavy atom. The number of hydrogen-bond acceptors (Lipinski definition) is 3. The Morgan fingerprint density at radius 2 is 2.19 bits per heavy atom. The molecule has 0 spiro atoms. The van der Waals surface area contributed by atoms with Crippen LogP contribution in [0.4, 0.5) is 14.5 Å². The van der Waals surface area contributed by atoms with Gasteiger partial charge in [-0.25, -0.2) is 8.78 Å². The first kappa shape index (κ1) is 15.9. The second-order valence-electron chi connectivity index (χ2n) is 5.30. The number of carbonyl (C=O) groups excluding carboxylic acids is 1. The van der Waals surface area contributed by atoms with E-state index >= 15 is 0 Å². The number of carbonyl (C=O) groups is 1. The molecule has 0 bridgehead atoms. The van der Waals surface area contributed by atoms with Crippen LogP contribution in [0.3, 0.4) is 0 Å². The number of anilines is 1. The minimum absolute atomic E-state index is 0.0846. The largest absolute Gasteiger partial charge is 0.396 e. The first-order chi connectivity index (χ1) is 10.1. The number of nitrogens with zero attached hydrogens (tertiary/aromatic N) is 1. The number of piperidine rings is 1. The van der Waals surface area contributed by atoms with Crippen molar-refractivity contribution in [3.05, 3.63) is 29.8 Å². The fourth-order valence-electron chi connectivity index (χ4n) is 2.71. The van der Waals surface area contributed by atoms with E-state index in [-0.39, 0.29) is 30.8 Å². The average molecular weight is 298 g/mol. The van der Waals surface area contributed by atoms with Gasteiger partial charge in [0.25, 0.3) is 0 Å². The third kappa shape index (κ3) is 4.47. The summed E-state index contributed by atoms with van der Waals surface area (Å²) in [5.74, 6) is -1.62. The summed E-state index contributed by atoms with van der Waals surface area (Å²) < 4.78 is 26.5. The van der Waals surface area contributed by atoms with E-state index in [1.54, 1.807) is 0 Å². The number of aliphatic hydroxyl groups is 1. The maximum absolute atomic E-state index is 13.5. The molecule has 2 N–H and O–H groups in total. The van der Waals surface area contributed by atoms with Crippen molar-refractivity contribution >= 4 is 11.6 Å². The molecular weight excluding hydrogens is 278 g/mol. The van der Waals surface area contributed by atoms with E-state index < -0.39 is 11.6 Å². The van der Waals surface area contributed by atoms with Gasteiger partial charge in [0.15, 0.2) is 0 Å². The lowest BCUT2D eigenvalue weighted by molar-refractivity contribution is -0.118. The Labute approximate surface area is 122 Å². The lowest BCUT2D eigenvalue weighted by atomic mass is 10.00. The molecule has 1 aromatic carbocycles. The molecule has 116 valence electrons. The van der Waals surface area contributed by atoms with Gasteiger partial charge in [-0.15, -0.1) is 0 Å². The quantitative estimate of drug-likeness (QED) is 0.875. The van der Waals surface area contributed by atoms with Gasteiger partial charge in [0, 0.05) is 18.7 Å². The van der Waals surface area contributed by atoms with Crippen molar-refractivity contribution in [2.45, 2.75) is 31.7 Å². The molecule has 1 aliphatic heterocycles. The second-order valence-corrected chi connectivity index (χ2v) is 5.30. The smallest absolute Gasteiger partial charge is 0.238 e. The summed E-state index contributed by atoms with van der Waals surface area (Å²) in [6, 6.07) is 3.13. The first-order valence-corrected chi connectivity index (χ1v) is 7.20. The number of aliphatic hydroxyl groups excluding tert-OH is 1. The number of amides is 1. The fraction of sp³-hybridized carbons (Fsp3) is 0.533. The summed E-state index contributed by atoms with van der Waals surface area (Å²) in [6.45, 7) is 0.992. The molecule has 0 saturated carbocycles. The third-order valence-corrected chi connectivity index (χ3v) is 3.76. The number of hydrogen-bond donors (Lipinski definition) is 2. The average Bonchev–Trinajstić information content (AvgIpc) is 2.45. The molecule has 6 heteroatoms. The topological polar surface area (TPSA) is 52.6 Å². The van der Waals surface area contributed by atoms with Crippen LogP contribution in [0.25, 0.3) is 0 Å². The Kier molecular flexibility index (Phi) is 5.64. The fourth-order valence-corrected chi connectivity index (χ4v) is 2.71. The van der Waals surface area contributed by atoms with Crippen LogP contribution in [0.15, 0.2) is 18.2 Å². The van der Waals surface area contributed by atoms with Crippen LogP contribution < -0.4 is 5.32 Å². The molecule has 0 aliphatic carbocycles. The normalized spacial score (nSPS) is 19.5. The standard InChI is InChI=1S/C15H20F2N2O2/c16-11-4-5-13(17)14(9-11)18-15(21)10-19-7-2-1-3-12(19)6-8-20/h4-5,9,12,20H,1-3,6-8,10H2,(H,18,21). The predicted octanol–water partition coefficient (Wildman–Crippen LogP) is 2.14. The molecule has 1 heterocycles. The highest BCUT2D eigenvalue weighted by molar-refractivity contribution is 5.92. The summed E-state index contributed by atoms with van der Waals surface area (Å²) in [6.07, 6.45) is 3.66. The van der Waals surface area contributed by atoms with Gasteiger partial charge >= 0.3 is 0 Å². The van der Waals surface area contributed by atoms with Crippen LogP contribution >= 0.6 is 0 Å². The SMILES string of the molecule is O=C(CN1CCCCC1CCO)Nc1cc(F)ccc1F. The number of halogens is 2. The maximum atomic E-state index is 13.5. The van der Waals surface area contributed by atoms with Crippen LogP contribution in [0.1, 0.15) is 25.7 Å². The summed E-state index contributed by atoms with van der Waals surface area (Å²) in [7, 11) is 0. The van der Waals surface area contributed by atoms with Crippen molar-refractivity contribution in [1.82, 2.24) is 4.90 Å². The van der Waals surface area contributed by atoms with Gasteiger partial charge in [0.1, 0.15) is 11.6 Å². The van der Waals surface area contributed by atoms with Gasteiger partial charge in [-0.2, -0.15) is 0 Å². The number of likely N-dealkylation sites (tertiary alicyclic amines) is 1. The third-order valence-electron chi connectivity index (χ3n) is 3.76. The molecule has 21 heavy (non-hydrogen) atoms. The van der Waals surface area contributed by atoms with Crippen LogP contribution in [-0.2, 0) is 4.79 Å². The zero-order valence-electron chi connectivity index (χ0n) is 11.8. The summed E-state index contributed by atoms with van der Waals surface area (Å²) in [5, 5.41) is 11.5. The van der Waals surface area contributed by atoms with E-state index in [0.717, 1.165) is 44.0 Å². The molecule has 1 unspecified atom stereocenters. The highest BCUT2D eigenvalue weighted by Crippen LogP contribution is 2.20. The van der Waals surface area contributed by atoms with Crippen molar-refractivity contribution in [2.75, 3.05) is 25.0 Å². The van der Waals surface area contributed by atoms with Gasteiger partial charge < -0.3 is 10.4 Å². The molecule has 4 nitrogen and oxygen atoms in total. The Balaban J connectivity index is 1.95. The predicted molar refractivity (Wildman–Crippen MR) is 75.9 cm³/mol. The molecular formula is C15H20F2N2O2. The number of benzene rings is 1. The van der Waals surface area contributed by atoms with Gasteiger partial charge in [-0.1, -0.05) is 6.42 Å². The molecule has 1 amide bonds. The number of nitrogens with one attached hydrogen (secondary N) is 1. The Morgan fingerprint density at radius 1 is 1.38 bits per heavy atom. The molecule has 1 fully saturated rings. The van der Waals surface area contributed by atoms with Gasteiger partial charge in [0.05, 0.1) is 12.2 Å². The van der Waals surface area contributed by atoms with Crippen LogP contribution in [0.5, 0.6) is 0 Å². The minimum atomic E-state index is -0.657. The van der Waals surface area contributed by atoms with Gasteiger partial charge in [-0.3, -0.25) is 9.69 Å². The van der Waals surface area contributed by atoms with E-state index in [0.29, 0.717) is 6.42 Å². The Hall–Kier alpha value is -1.53. The summed E-state index contributed by atoms with van der Waals surface area (Å²) in [4.78, 5) is 14.0. The highest BCUT2D eigenvalue weighted by Gasteiger charge is 2.24. The molecule has 0 radical (unpaired) electrons. The van der Waals surface area contributed by atoms with Crippen molar-refractivity contribution in [3.8, 4) is 0 Å². The van der Waals surface area contributed by atoms with Gasteiger partial charge in [-0.05, 0) is 37.9 Å². The van der Waals surface area contributed by atoms with Crippen molar-refractivity contribution in [1.29, 1.82) is 0 Å². The molecule has 1 atom stereocenters. The maximum Gasteiger partial charge on any atom is 0.238 e. The zero-order chi connectivity index (χ0) is 15.2. The van der Waals surface area contributed by atoms with E-state index in [2.05, 4.69) is 5.32 Å². The zero-order valence-corrected chi connectivity index (χ0v) is 11.8. The van der Waals surface area contributed by atoms with Crippen LogP contribution in [0.2, 0.25) is 0 Å². The lowest BCUT2D eigenvalue weighted by Gasteiger charge is -2.34. The highest BCUT2D eigenvalue weighted by atomic mass is 19.1. The monoisotopic (exact) mass is 298 g/mol. The second kappa shape index (κ2) is 7.47. The van der Waals surface area contributed by atoms with E-state index in [1.165, 1.54) is 0 Å². The van der Waals surface area contributed by atoms with E-state index in [1.807, 2.05) is 4.90 Å². The summed E-state index contributed by atoms with van der Waals surface area (Å²) >= 11 is 0. The molecule has 0 aromatic heterocycles. The first-order valence-electron chi connectivity index (χ1n) is 7.20. The molecule has 1 aliphatic rings. The van der Waals surface area contributed by atoms with E-state index in [4.69, 9.17) is 5.11 Å². The van der Waals surface area contributed by atoms with Crippen molar-refractivity contribution < 1.29 is 18.7 Å². The van der Waals surface area contributed by atoms with Crippen molar-refractivity contribution in [2.24, 2.45) is 0 Å². The van der Waals surface area contributed by atoms with Crippen molar-refractivity contribution in [3.63, 3.8) is 0 Å². The molecule has 1 saturated heterocycles. The van der Waals surface area contributed by atoms with Gasteiger partial charge in [0.2, 0.25) is 5.91 Å². The lowest BCUT2D eigenvalue weighted by Crippen LogP contribution is -2.44. The Bertz CT molecular complexity index is 495. The molecule has 2 rings (SSSR count). The minimum Gasteiger partial charge on any atom is -0.396 e. The van der Waals surface area contributed by atoms with Crippen LogP contribution in [-0.4, -0.2) is 41.7 Å². The number of rotatable bonds is 5. The summed E-state index contributed by atoms with van der Waals surface area (Å²) in [5.41, 5.74) is -0.143. The molecule has 1 aromatic rings.